The number of hydrogen-bond acceptors (Lipinski definition) is 6. The number of aromatic nitrogens is 4. The van der Waals surface area contributed by atoms with Crippen molar-refractivity contribution < 1.29 is 4.79 Å². The van der Waals surface area contributed by atoms with Gasteiger partial charge in [0.25, 0.3) is 5.56 Å². The predicted molar refractivity (Wildman–Crippen MR) is 119 cm³/mol. The highest BCUT2D eigenvalue weighted by atomic mass is 16.2. The molecule has 3 heterocycles. The van der Waals surface area contributed by atoms with E-state index in [0.717, 1.165) is 30.7 Å². The minimum Gasteiger partial charge on any atom is -0.340 e. The predicted octanol–water partition coefficient (Wildman–Crippen LogP) is 0.521. The number of nitrogens with one attached hydrogen (secondary N) is 1. The van der Waals surface area contributed by atoms with Crippen LogP contribution in [0.5, 0.6) is 0 Å². The molecule has 0 bridgehead atoms. The summed E-state index contributed by atoms with van der Waals surface area (Å²) < 4.78 is 4.29. The Balaban J connectivity index is 2.03. The number of nitrogens with zero attached hydrogens (tertiary/aromatic N) is 5. The average Bonchev–Trinajstić information content (AvgIpc) is 3.16. The second kappa shape index (κ2) is 8.24. The minimum absolute atomic E-state index is 0.0621. The fourth-order valence-corrected chi connectivity index (χ4v) is 3.77. The molecule has 0 aliphatic carbocycles. The van der Waals surface area contributed by atoms with Gasteiger partial charge in [-0.3, -0.25) is 18.7 Å². The Labute approximate surface area is 178 Å². The van der Waals surface area contributed by atoms with E-state index in [-0.39, 0.29) is 11.4 Å². The van der Waals surface area contributed by atoms with Crippen LogP contribution in [-0.4, -0.2) is 50.6 Å². The smallest absolute Gasteiger partial charge is 0.337 e. The van der Waals surface area contributed by atoms with Gasteiger partial charge in [0, 0.05) is 38.8 Å². The van der Waals surface area contributed by atoms with Crippen LogP contribution in [0.4, 0.5) is 5.95 Å². The number of piperazine rings is 1. The van der Waals surface area contributed by atoms with E-state index in [2.05, 4.69) is 22.1 Å². The number of Topliss-reactive ketones (excluding diaryl/α,β-unsaturated/α-hetero) is 1. The molecule has 0 unspecified atom stereocenters. The first-order valence-electron chi connectivity index (χ1n) is 10.1. The molecule has 3 aromatic rings. The maximum Gasteiger partial charge on any atom is 0.337 e. The van der Waals surface area contributed by atoms with Crippen molar-refractivity contribution in [1.29, 1.82) is 0 Å². The Hall–Kier alpha value is -3.64. The van der Waals surface area contributed by atoms with E-state index < -0.39 is 11.2 Å². The van der Waals surface area contributed by atoms with Gasteiger partial charge >= 0.3 is 5.69 Å². The average molecular weight is 420 g/mol. The van der Waals surface area contributed by atoms with Crippen molar-refractivity contribution in [3.05, 3.63) is 50.7 Å². The lowest BCUT2D eigenvalue weighted by molar-refractivity contribution is 0.101. The number of benzene rings is 1. The highest BCUT2D eigenvalue weighted by Crippen LogP contribution is 2.22. The van der Waals surface area contributed by atoms with Gasteiger partial charge in [-0.15, -0.1) is 5.92 Å². The van der Waals surface area contributed by atoms with Crippen LogP contribution >= 0.6 is 0 Å². The Kier molecular flexibility index (Phi) is 5.48. The number of fused-ring (bicyclic) bond motifs is 1. The minimum atomic E-state index is -0.494. The fourth-order valence-electron chi connectivity index (χ4n) is 3.77. The fraction of sp³-hybridized carbons (Fsp3) is 0.364. The van der Waals surface area contributed by atoms with E-state index in [0.29, 0.717) is 29.3 Å². The molecule has 160 valence electrons. The van der Waals surface area contributed by atoms with Crippen molar-refractivity contribution in [2.24, 2.45) is 7.05 Å². The number of ketones is 1. The standard InChI is InChI=1S/C22H24N6O3/c1-4-5-12-27-18-19(24-21(27)26-13-10-23-11-14-26)28(22(31)25(3)20(18)30)17-8-6-16(7-9-17)15(2)29/h6-9,23H,10-14H2,1-3H3. The number of carbonyl (C=O) groups is 1. The molecule has 1 fully saturated rings. The van der Waals surface area contributed by atoms with Crippen LogP contribution in [0, 0.1) is 11.8 Å². The maximum absolute atomic E-state index is 13.1. The molecular formula is C22H24N6O3. The van der Waals surface area contributed by atoms with Crippen LogP contribution in [0.2, 0.25) is 0 Å². The number of rotatable bonds is 4. The number of anilines is 1. The van der Waals surface area contributed by atoms with Crippen molar-refractivity contribution in [3.8, 4) is 17.5 Å². The molecule has 4 rings (SSSR count). The van der Waals surface area contributed by atoms with Crippen molar-refractivity contribution in [2.75, 3.05) is 31.1 Å². The van der Waals surface area contributed by atoms with Crippen LogP contribution in [0.1, 0.15) is 24.2 Å². The van der Waals surface area contributed by atoms with Crippen LogP contribution in [0.3, 0.4) is 0 Å². The molecule has 0 spiro atoms. The molecule has 1 aliphatic heterocycles. The molecule has 31 heavy (non-hydrogen) atoms. The molecule has 0 amide bonds. The SMILES string of the molecule is CC#CCn1c(N2CCNCC2)nc2c1c(=O)n(C)c(=O)n2-c1ccc(C(C)=O)cc1. The van der Waals surface area contributed by atoms with Crippen molar-refractivity contribution in [1.82, 2.24) is 24.0 Å². The topological polar surface area (TPSA) is 94.2 Å². The third-order valence-corrected chi connectivity index (χ3v) is 5.47. The highest BCUT2D eigenvalue weighted by molar-refractivity contribution is 5.94. The molecule has 1 aliphatic rings. The highest BCUT2D eigenvalue weighted by Gasteiger charge is 2.24. The molecule has 1 aromatic carbocycles. The molecule has 9 nitrogen and oxygen atoms in total. The van der Waals surface area contributed by atoms with Gasteiger partial charge in [0.2, 0.25) is 5.95 Å². The lowest BCUT2D eigenvalue weighted by Crippen LogP contribution is -2.44. The normalized spacial score (nSPS) is 13.8. The summed E-state index contributed by atoms with van der Waals surface area (Å²) in [5.41, 5.74) is 0.787. The molecule has 9 heteroatoms. The van der Waals surface area contributed by atoms with Gasteiger partial charge in [0.1, 0.15) is 0 Å². The molecule has 0 saturated carbocycles. The van der Waals surface area contributed by atoms with Crippen LogP contribution < -0.4 is 21.5 Å². The van der Waals surface area contributed by atoms with Gasteiger partial charge in [-0.25, -0.2) is 9.36 Å². The molecule has 1 saturated heterocycles. The van der Waals surface area contributed by atoms with Gasteiger partial charge in [0.15, 0.2) is 16.9 Å². The first-order chi connectivity index (χ1) is 14.9. The Bertz CT molecular complexity index is 1330. The molecule has 0 radical (unpaired) electrons. The van der Waals surface area contributed by atoms with E-state index in [1.165, 1.54) is 18.5 Å². The molecule has 1 N–H and O–H groups in total. The summed E-state index contributed by atoms with van der Waals surface area (Å²) in [6, 6.07) is 6.71. The second-order valence-electron chi connectivity index (χ2n) is 7.42. The molecule has 0 atom stereocenters. The number of imidazole rings is 1. The van der Waals surface area contributed by atoms with Gasteiger partial charge < -0.3 is 10.2 Å². The van der Waals surface area contributed by atoms with Crippen LogP contribution in [0.15, 0.2) is 33.9 Å². The van der Waals surface area contributed by atoms with E-state index in [1.54, 1.807) is 35.8 Å². The summed E-state index contributed by atoms with van der Waals surface area (Å²) in [6.07, 6.45) is 0. The Morgan fingerprint density at radius 3 is 2.45 bits per heavy atom. The first kappa shape index (κ1) is 20.6. The summed E-state index contributed by atoms with van der Waals surface area (Å²) in [7, 11) is 1.46. The van der Waals surface area contributed by atoms with Gasteiger partial charge in [-0.05, 0) is 38.1 Å². The lowest BCUT2D eigenvalue weighted by atomic mass is 10.1. The summed E-state index contributed by atoms with van der Waals surface area (Å²) in [6.45, 7) is 6.61. The third-order valence-electron chi connectivity index (χ3n) is 5.47. The van der Waals surface area contributed by atoms with E-state index >= 15 is 0 Å². The largest absolute Gasteiger partial charge is 0.340 e. The zero-order chi connectivity index (χ0) is 22.1. The van der Waals surface area contributed by atoms with Crippen LogP contribution in [-0.2, 0) is 13.6 Å². The maximum atomic E-state index is 13.1. The summed E-state index contributed by atoms with van der Waals surface area (Å²) in [5.74, 6) is 6.45. The zero-order valence-corrected chi connectivity index (χ0v) is 17.8. The van der Waals surface area contributed by atoms with Crippen molar-refractivity contribution in [3.63, 3.8) is 0 Å². The second-order valence-corrected chi connectivity index (χ2v) is 7.42. The van der Waals surface area contributed by atoms with Crippen molar-refractivity contribution in [2.45, 2.75) is 20.4 Å². The van der Waals surface area contributed by atoms with Crippen LogP contribution in [0.25, 0.3) is 16.9 Å². The van der Waals surface area contributed by atoms with Crippen molar-refractivity contribution >= 4 is 22.9 Å². The Morgan fingerprint density at radius 2 is 1.84 bits per heavy atom. The summed E-state index contributed by atoms with van der Waals surface area (Å²) >= 11 is 0. The van der Waals surface area contributed by atoms with Gasteiger partial charge in [0.05, 0.1) is 12.2 Å². The number of hydrogen-bond donors (Lipinski definition) is 1. The quantitative estimate of drug-likeness (QED) is 0.489. The van der Waals surface area contributed by atoms with Gasteiger partial charge in [-0.2, -0.15) is 4.98 Å². The molecule has 2 aromatic heterocycles. The van der Waals surface area contributed by atoms with E-state index in [1.807, 2.05) is 0 Å². The van der Waals surface area contributed by atoms with Gasteiger partial charge in [-0.1, -0.05) is 5.92 Å². The summed E-state index contributed by atoms with van der Waals surface area (Å²) in [4.78, 5) is 44.7. The molecular weight excluding hydrogens is 396 g/mol. The van der Waals surface area contributed by atoms with E-state index in [4.69, 9.17) is 4.98 Å². The zero-order valence-electron chi connectivity index (χ0n) is 17.8. The lowest BCUT2D eigenvalue weighted by Gasteiger charge is -2.28. The third kappa shape index (κ3) is 3.55. The monoisotopic (exact) mass is 420 g/mol. The Morgan fingerprint density at radius 1 is 1.16 bits per heavy atom. The van der Waals surface area contributed by atoms with E-state index in [9.17, 15) is 14.4 Å². The first-order valence-corrected chi connectivity index (χ1v) is 10.1. The summed E-state index contributed by atoms with van der Waals surface area (Å²) in [5, 5.41) is 3.31. The number of carbonyl (C=O) groups excluding carboxylic acids is 1.